The molecule has 2 aromatic carbocycles. The van der Waals surface area contributed by atoms with Crippen molar-refractivity contribution in [3.05, 3.63) is 66.1 Å². The Labute approximate surface area is 170 Å². The average Bonchev–Trinajstić information content (AvgIpc) is 3.29. The fourth-order valence-electron chi connectivity index (χ4n) is 3.61. The van der Waals surface area contributed by atoms with Crippen molar-refractivity contribution in [2.45, 2.75) is 32.9 Å². The molecule has 1 fully saturated rings. The van der Waals surface area contributed by atoms with Crippen molar-refractivity contribution in [2.24, 2.45) is 0 Å². The van der Waals surface area contributed by atoms with E-state index in [9.17, 15) is 4.79 Å². The van der Waals surface area contributed by atoms with E-state index in [1.165, 1.54) is 0 Å². The van der Waals surface area contributed by atoms with Crippen molar-refractivity contribution in [3.8, 4) is 23.0 Å². The van der Waals surface area contributed by atoms with E-state index in [0.717, 1.165) is 48.0 Å². The molecule has 0 bridgehead atoms. The fraction of sp³-hybridized carbons (Fsp3) is 0.304. The number of para-hydroxylation sites is 1. The largest absolute Gasteiger partial charge is 0.457 e. The first-order chi connectivity index (χ1) is 14.1. The highest BCUT2D eigenvalue weighted by atomic mass is 16.5. The zero-order valence-electron chi connectivity index (χ0n) is 16.7. The zero-order valence-corrected chi connectivity index (χ0v) is 16.7. The molecule has 0 unspecified atom stereocenters. The molecule has 6 heteroatoms. The van der Waals surface area contributed by atoms with Crippen LogP contribution in [0, 0.1) is 6.92 Å². The van der Waals surface area contributed by atoms with Gasteiger partial charge in [-0.25, -0.2) is 4.98 Å². The van der Waals surface area contributed by atoms with Crippen molar-refractivity contribution >= 4 is 5.91 Å². The maximum Gasteiger partial charge on any atom is 0.226 e. The lowest BCUT2D eigenvalue weighted by molar-refractivity contribution is -0.119. The number of nitrogens with zero attached hydrogens (tertiary/aromatic N) is 2. The monoisotopic (exact) mass is 391 g/mol. The van der Waals surface area contributed by atoms with Crippen molar-refractivity contribution in [2.75, 3.05) is 13.1 Å². The number of hydrogen-bond acceptors (Lipinski definition) is 5. The first kappa shape index (κ1) is 19.2. The minimum atomic E-state index is 0.0226. The molecule has 0 radical (unpaired) electrons. The molecular formula is C23H25N3O3. The van der Waals surface area contributed by atoms with E-state index in [2.05, 4.69) is 10.2 Å². The van der Waals surface area contributed by atoms with E-state index in [4.69, 9.17) is 14.1 Å². The van der Waals surface area contributed by atoms with Gasteiger partial charge in [-0.1, -0.05) is 24.3 Å². The molecule has 6 nitrogen and oxygen atoms in total. The van der Waals surface area contributed by atoms with Crippen LogP contribution in [0.15, 0.2) is 59.0 Å². The van der Waals surface area contributed by atoms with Crippen molar-refractivity contribution in [1.29, 1.82) is 0 Å². The van der Waals surface area contributed by atoms with Crippen LogP contribution < -0.4 is 10.1 Å². The predicted molar refractivity (Wildman–Crippen MR) is 111 cm³/mol. The fourth-order valence-corrected chi connectivity index (χ4v) is 3.61. The third-order valence-corrected chi connectivity index (χ3v) is 5.01. The van der Waals surface area contributed by atoms with E-state index in [1.807, 2.05) is 61.5 Å². The Hall–Kier alpha value is -3.12. The van der Waals surface area contributed by atoms with Crippen LogP contribution in [0.1, 0.15) is 24.8 Å². The van der Waals surface area contributed by atoms with Crippen LogP contribution in [-0.2, 0) is 11.3 Å². The molecule has 0 aliphatic carbocycles. The van der Waals surface area contributed by atoms with Crippen molar-refractivity contribution in [3.63, 3.8) is 0 Å². The second kappa shape index (κ2) is 8.49. The van der Waals surface area contributed by atoms with Gasteiger partial charge in [0.2, 0.25) is 11.8 Å². The predicted octanol–water partition coefficient (Wildman–Crippen LogP) is 4.15. The van der Waals surface area contributed by atoms with Gasteiger partial charge in [-0.05, 0) is 43.7 Å². The summed E-state index contributed by atoms with van der Waals surface area (Å²) in [5, 5.41) is 2.99. The molecule has 0 spiro atoms. The summed E-state index contributed by atoms with van der Waals surface area (Å²) in [6, 6.07) is 17.7. The molecule has 4 rings (SSSR count). The summed E-state index contributed by atoms with van der Waals surface area (Å²) >= 11 is 0. The highest BCUT2D eigenvalue weighted by molar-refractivity contribution is 5.73. The third-order valence-electron chi connectivity index (χ3n) is 5.01. The summed E-state index contributed by atoms with van der Waals surface area (Å²) in [4.78, 5) is 18.3. The smallest absolute Gasteiger partial charge is 0.226 e. The van der Waals surface area contributed by atoms with Gasteiger partial charge in [-0.3, -0.25) is 9.69 Å². The van der Waals surface area contributed by atoms with Gasteiger partial charge in [0.1, 0.15) is 17.3 Å². The summed E-state index contributed by atoms with van der Waals surface area (Å²) in [6.45, 7) is 5.99. The molecule has 0 saturated carbocycles. The highest BCUT2D eigenvalue weighted by Crippen LogP contribution is 2.28. The van der Waals surface area contributed by atoms with Gasteiger partial charge in [0.05, 0.1) is 5.69 Å². The standard InChI is InChI=1S/C23H25N3O3/c1-16-22(15-26-12-11-19(14-26)24-17(2)27)25-23(28-16)18-7-6-10-21(13-18)29-20-8-4-3-5-9-20/h3-10,13,19H,11-12,14-15H2,1-2H3,(H,24,27)/t19-/m1/s1. The molecule has 1 amide bonds. The Bertz CT molecular complexity index is 984. The number of likely N-dealkylation sites (tertiary alicyclic amines) is 1. The van der Waals surface area contributed by atoms with Crippen LogP contribution in [-0.4, -0.2) is 34.9 Å². The van der Waals surface area contributed by atoms with Gasteiger partial charge < -0.3 is 14.5 Å². The number of carbonyl (C=O) groups is 1. The number of aromatic nitrogens is 1. The molecule has 2 heterocycles. The number of rotatable bonds is 6. The van der Waals surface area contributed by atoms with E-state index in [0.29, 0.717) is 12.4 Å². The molecule has 1 saturated heterocycles. The van der Waals surface area contributed by atoms with Crippen LogP contribution >= 0.6 is 0 Å². The number of hydrogen-bond donors (Lipinski definition) is 1. The Morgan fingerprint density at radius 1 is 1.21 bits per heavy atom. The SMILES string of the molecule is CC(=O)N[C@@H]1CCN(Cc2nc(-c3cccc(Oc4ccccc4)c3)oc2C)C1. The van der Waals surface area contributed by atoms with Crippen LogP contribution in [0.25, 0.3) is 11.5 Å². The van der Waals surface area contributed by atoms with Crippen LogP contribution in [0.5, 0.6) is 11.5 Å². The second-order valence-corrected chi connectivity index (χ2v) is 7.39. The molecule has 29 heavy (non-hydrogen) atoms. The second-order valence-electron chi connectivity index (χ2n) is 7.39. The molecule has 3 aromatic rings. The molecule has 1 aromatic heterocycles. The summed E-state index contributed by atoms with van der Waals surface area (Å²) in [6.07, 6.45) is 0.961. The zero-order chi connectivity index (χ0) is 20.2. The molecule has 150 valence electrons. The maximum absolute atomic E-state index is 11.3. The number of aryl methyl sites for hydroxylation is 1. The van der Waals surface area contributed by atoms with Gasteiger partial charge in [0, 0.05) is 38.2 Å². The highest BCUT2D eigenvalue weighted by Gasteiger charge is 2.24. The number of oxazole rings is 1. The van der Waals surface area contributed by atoms with Gasteiger partial charge >= 0.3 is 0 Å². The topological polar surface area (TPSA) is 67.6 Å². The lowest BCUT2D eigenvalue weighted by Gasteiger charge is -2.15. The molecular weight excluding hydrogens is 366 g/mol. The van der Waals surface area contributed by atoms with Crippen molar-refractivity contribution in [1.82, 2.24) is 15.2 Å². The number of nitrogens with one attached hydrogen (secondary N) is 1. The number of ether oxygens (including phenoxy) is 1. The van der Waals surface area contributed by atoms with Gasteiger partial charge in [0.25, 0.3) is 0 Å². The minimum absolute atomic E-state index is 0.0226. The summed E-state index contributed by atoms with van der Waals surface area (Å²) in [5.74, 6) is 2.96. The summed E-state index contributed by atoms with van der Waals surface area (Å²) in [5.41, 5.74) is 1.81. The Morgan fingerprint density at radius 2 is 2.00 bits per heavy atom. The van der Waals surface area contributed by atoms with Gasteiger partial charge in [0.15, 0.2) is 0 Å². The first-order valence-corrected chi connectivity index (χ1v) is 9.86. The Kier molecular flexibility index (Phi) is 5.62. The van der Waals surface area contributed by atoms with E-state index < -0.39 is 0 Å². The van der Waals surface area contributed by atoms with E-state index in [1.54, 1.807) is 6.92 Å². The quantitative estimate of drug-likeness (QED) is 0.684. The minimum Gasteiger partial charge on any atom is -0.457 e. The van der Waals surface area contributed by atoms with Gasteiger partial charge in [-0.2, -0.15) is 0 Å². The first-order valence-electron chi connectivity index (χ1n) is 9.86. The third kappa shape index (κ3) is 4.84. The van der Waals surface area contributed by atoms with Crippen LogP contribution in [0.3, 0.4) is 0 Å². The van der Waals surface area contributed by atoms with Crippen molar-refractivity contribution < 1.29 is 13.9 Å². The summed E-state index contributed by atoms with van der Waals surface area (Å²) < 4.78 is 11.9. The van der Waals surface area contributed by atoms with Crippen LogP contribution in [0.2, 0.25) is 0 Å². The Morgan fingerprint density at radius 3 is 2.79 bits per heavy atom. The molecule has 1 atom stereocenters. The average molecular weight is 391 g/mol. The Balaban J connectivity index is 1.45. The molecule has 1 N–H and O–H groups in total. The number of benzene rings is 2. The lowest BCUT2D eigenvalue weighted by atomic mass is 10.2. The maximum atomic E-state index is 11.3. The molecule has 1 aliphatic heterocycles. The number of carbonyl (C=O) groups excluding carboxylic acids is 1. The van der Waals surface area contributed by atoms with Crippen LogP contribution in [0.4, 0.5) is 0 Å². The lowest BCUT2D eigenvalue weighted by Crippen LogP contribution is -2.35. The van der Waals surface area contributed by atoms with Gasteiger partial charge in [-0.15, -0.1) is 0 Å². The molecule has 1 aliphatic rings. The van der Waals surface area contributed by atoms with E-state index >= 15 is 0 Å². The number of amides is 1. The summed E-state index contributed by atoms with van der Waals surface area (Å²) in [7, 11) is 0. The van der Waals surface area contributed by atoms with E-state index in [-0.39, 0.29) is 11.9 Å². The normalized spacial score (nSPS) is 16.7.